The van der Waals surface area contributed by atoms with E-state index in [0.717, 1.165) is 0 Å². The van der Waals surface area contributed by atoms with E-state index in [-0.39, 0.29) is 19.8 Å². The normalized spacial score (nSPS) is 18.5. The third kappa shape index (κ3) is 4.06. The van der Waals surface area contributed by atoms with Crippen LogP contribution >= 0.6 is 0 Å². The summed E-state index contributed by atoms with van der Waals surface area (Å²) in [5, 5.41) is 24.8. The van der Waals surface area contributed by atoms with Gasteiger partial charge in [-0.15, -0.1) is 0 Å². The Morgan fingerprint density at radius 3 is 2.84 bits per heavy atom. The molecule has 2 aromatic rings. The van der Waals surface area contributed by atoms with Crippen LogP contribution in [0.5, 0.6) is 17.2 Å². The average Bonchev–Trinajstić information content (AvgIpc) is 3.39. The molecule has 4 rings (SSSR count). The van der Waals surface area contributed by atoms with Crippen LogP contribution in [0.3, 0.4) is 0 Å². The molecule has 1 unspecified atom stereocenters. The molecule has 0 saturated carbocycles. The van der Waals surface area contributed by atoms with Crippen LogP contribution in [0.25, 0.3) is 0 Å². The topological polar surface area (TPSA) is 139 Å². The molecule has 0 fully saturated rings. The van der Waals surface area contributed by atoms with Gasteiger partial charge in [0.05, 0.1) is 12.1 Å². The third-order valence-electron chi connectivity index (χ3n) is 4.75. The summed E-state index contributed by atoms with van der Waals surface area (Å²) >= 11 is 0. The molecule has 0 radical (unpaired) electrons. The maximum Gasteiger partial charge on any atom is 0.308 e. The zero-order chi connectivity index (χ0) is 21.8. The number of para-hydroxylation sites is 1. The maximum absolute atomic E-state index is 13.1. The van der Waals surface area contributed by atoms with E-state index in [1.807, 2.05) is 6.07 Å². The van der Waals surface area contributed by atoms with Crippen LogP contribution in [0, 0.1) is 11.3 Å². The van der Waals surface area contributed by atoms with E-state index in [2.05, 4.69) is 10.5 Å². The van der Waals surface area contributed by atoms with E-state index < -0.39 is 23.9 Å². The molecule has 0 bridgehead atoms. The predicted molar refractivity (Wildman–Crippen MR) is 106 cm³/mol. The van der Waals surface area contributed by atoms with Crippen molar-refractivity contribution in [2.24, 2.45) is 5.16 Å². The van der Waals surface area contributed by atoms with Crippen molar-refractivity contribution < 1.29 is 33.7 Å². The highest BCUT2D eigenvalue weighted by Crippen LogP contribution is 2.37. The van der Waals surface area contributed by atoms with Crippen molar-refractivity contribution in [2.45, 2.75) is 18.4 Å². The Kier molecular flexibility index (Phi) is 5.32. The molecule has 10 nitrogen and oxygen atoms in total. The fourth-order valence-electron chi connectivity index (χ4n) is 3.32. The molecule has 2 heterocycles. The summed E-state index contributed by atoms with van der Waals surface area (Å²) in [5.41, 5.74) is -0.495. The molecular formula is C21H17N3O7. The highest BCUT2D eigenvalue weighted by atomic mass is 16.7. The molecule has 0 saturated heterocycles. The Labute approximate surface area is 176 Å². The fraction of sp³-hybridized carbons (Fsp3) is 0.238. The van der Waals surface area contributed by atoms with Gasteiger partial charge < -0.3 is 29.5 Å². The molecule has 0 spiro atoms. The van der Waals surface area contributed by atoms with Crippen molar-refractivity contribution in [1.29, 1.82) is 5.26 Å². The lowest BCUT2D eigenvalue weighted by molar-refractivity contribution is -0.152. The van der Waals surface area contributed by atoms with Gasteiger partial charge in [-0.3, -0.25) is 9.59 Å². The molecule has 2 aliphatic rings. The van der Waals surface area contributed by atoms with E-state index in [4.69, 9.17) is 24.3 Å². The summed E-state index contributed by atoms with van der Waals surface area (Å²) in [4.78, 5) is 30.0. The Morgan fingerprint density at radius 2 is 2.03 bits per heavy atom. The van der Waals surface area contributed by atoms with Crippen LogP contribution in [0.1, 0.15) is 18.4 Å². The number of benzene rings is 2. The lowest BCUT2D eigenvalue weighted by Gasteiger charge is -2.23. The first-order chi connectivity index (χ1) is 15.0. The number of carboxylic acids is 1. The largest absolute Gasteiger partial charge is 0.481 e. The number of ether oxygens (including phenoxy) is 3. The van der Waals surface area contributed by atoms with Gasteiger partial charge in [-0.05, 0) is 24.3 Å². The first-order valence-corrected chi connectivity index (χ1v) is 9.28. The minimum atomic E-state index is -1.75. The Hall–Kier alpha value is -4.26. The first kappa shape index (κ1) is 20.0. The minimum absolute atomic E-state index is 0.0866. The minimum Gasteiger partial charge on any atom is -0.481 e. The second-order valence-corrected chi connectivity index (χ2v) is 6.84. The number of hydrogen-bond acceptors (Lipinski definition) is 8. The van der Waals surface area contributed by atoms with Crippen LogP contribution < -0.4 is 19.5 Å². The van der Waals surface area contributed by atoms with Gasteiger partial charge in [0.25, 0.3) is 5.91 Å². The second-order valence-electron chi connectivity index (χ2n) is 6.84. The van der Waals surface area contributed by atoms with Crippen molar-refractivity contribution >= 4 is 23.3 Å². The number of rotatable bonds is 7. The number of hydrogen-bond donors (Lipinski definition) is 2. The van der Waals surface area contributed by atoms with Gasteiger partial charge in [-0.25, -0.2) is 0 Å². The molecule has 2 aliphatic heterocycles. The standard InChI is InChI=1S/C21H17N3O7/c22-7-8-28-16-4-2-1-3-14(16)15-10-21(31-24-15,11-19(25)26)20(27)23-13-5-6-17-18(9-13)30-12-29-17/h1-6,9H,8,10-12H2,(H,23,27)(H,25,26). The Balaban J connectivity index is 1.57. The van der Waals surface area contributed by atoms with Gasteiger partial charge in [0.15, 0.2) is 18.1 Å². The summed E-state index contributed by atoms with van der Waals surface area (Å²) in [6.45, 7) is -0.0840. The number of carbonyl (C=O) groups excluding carboxylic acids is 1. The molecule has 1 atom stereocenters. The quantitative estimate of drug-likeness (QED) is 0.691. The van der Waals surface area contributed by atoms with E-state index in [1.54, 1.807) is 42.5 Å². The van der Waals surface area contributed by atoms with Crippen LogP contribution in [0.4, 0.5) is 5.69 Å². The van der Waals surface area contributed by atoms with Crippen molar-refractivity contribution in [3.05, 3.63) is 48.0 Å². The van der Waals surface area contributed by atoms with Gasteiger partial charge in [0.1, 0.15) is 11.8 Å². The number of nitriles is 1. The van der Waals surface area contributed by atoms with Gasteiger partial charge in [0, 0.05) is 23.7 Å². The predicted octanol–water partition coefficient (Wildman–Crippen LogP) is 2.29. The third-order valence-corrected chi connectivity index (χ3v) is 4.75. The van der Waals surface area contributed by atoms with Gasteiger partial charge in [-0.2, -0.15) is 5.26 Å². The number of carbonyl (C=O) groups is 2. The Bertz CT molecular complexity index is 1110. The number of nitrogens with zero attached hydrogens (tertiary/aromatic N) is 2. The van der Waals surface area contributed by atoms with Crippen molar-refractivity contribution in [3.63, 3.8) is 0 Å². The average molecular weight is 423 g/mol. The zero-order valence-corrected chi connectivity index (χ0v) is 16.2. The van der Waals surface area contributed by atoms with Crippen LogP contribution in [-0.4, -0.2) is 41.7 Å². The van der Waals surface area contributed by atoms with Crippen LogP contribution in [0.15, 0.2) is 47.6 Å². The number of nitrogens with one attached hydrogen (secondary N) is 1. The summed E-state index contributed by atoms with van der Waals surface area (Å²) in [5.74, 6) is -0.476. The summed E-state index contributed by atoms with van der Waals surface area (Å²) in [6.07, 6.45) is -0.694. The number of carboxylic acid groups (broad SMARTS) is 1. The van der Waals surface area contributed by atoms with Crippen LogP contribution in [-0.2, 0) is 14.4 Å². The molecule has 31 heavy (non-hydrogen) atoms. The highest BCUT2D eigenvalue weighted by Gasteiger charge is 2.49. The van der Waals surface area contributed by atoms with Crippen molar-refractivity contribution in [3.8, 4) is 23.3 Å². The van der Waals surface area contributed by atoms with Crippen LogP contribution in [0.2, 0.25) is 0 Å². The lowest BCUT2D eigenvalue weighted by atomic mass is 9.89. The van der Waals surface area contributed by atoms with E-state index >= 15 is 0 Å². The van der Waals surface area contributed by atoms with Gasteiger partial charge in [-0.1, -0.05) is 17.3 Å². The number of anilines is 1. The van der Waals surface area contributed by atoms with Gasteiger partial charge >= 0.3 is 5.97 Å². The molecule has 2 aromatic carbocycles. The fourth-order valence-corrected chi connectivity index (χ4v) is 3.32. The number of aliphatic carboxylic acids is 1. The monoisotopic (exact) mass is 423 g/mol. The molecule has 0 aliphatic carbocycles. The highest BCUT2D eigenvalue weighted by molar-refractivity contribution is 6.10. The number of oxime groups is 1. The Morgan fingerprint density at radius 1 is 1.23 bits per heavy atom. The van der Waals surface area contributed by atoms with E-state index in [1.165, 1.54) is 0 Å². The van der Waals surface area contributed by atoms with E-state index in [9.17, 15) is 14.7 Å². The molecule has 2 N–H and O–H groups in total. The molecule has 10 heteroatoms. The summed E-state index contributed by atoms with van der Waals surface area (Å²) in [7, 11) is 0. The molecule has 0 aromatic heterocycles. The first-order valence-electron chi connectivity index (χ1n) is 9.28. The molecule has 158 valence electrons. The summed E-state index contributed by atoms with van der Waals surface area (Å²) < 4.78 is 15.9. The molecular weight excluding hydrogens is 406 g/mol. The second kappa shape index (κ2) is 8.23. The SMILES string of the molecule is N#CCOc1ccccc1C1=NOC(CC(=O)O)(C(=O)Nc2ccc3c(c2)OCO3)C1. The number of amides is 1. The zero-order valence-electron chi connectivity index (χ0n) is 16.2. The van der Waals surface area contributed by atoms with Crippen molar-refractivity contribution in [1.82, 2.24) is 0 Å². The maximum atomic E-state index is 13.1. The van der Waals surface area contributed by atoms with E-state index in [0.29, 0.717) is 34.2 Å². The molecule has 1 amide bonds. The smallest absolute Gasteiger partial charge is 0.308 e. The van der Waals surface area contributed by atoms with Crippen molar-refractivity contribution in [2.75, 3.05) is 18.7 Å². The number of fused-ring (bicyclic) bond motifs is 1. The van der Waals surface area contributed by atoms with Gasteiger partial charge in [0.2, 0.25) is 12.4 Å². The summed E-state index contributed by atoms with van der Waals surface area (Å²) in [6, 6.07) is 13.5. The lowest BCUT2D eigenvalue weighted by Crippen LogP contribution is -2.45.